The molecule has 6 nitrogen and oxygen atoms in total. The molecule has 0 saturated heterocycles. The van der Waals surface area contributed by atoms with Gasteiger partial charge in [-0.25, -0.2) is 13.1 Å². The van der Waals surface area contributed by atoms with Crippen LogP contribution in [-0.2, 0) is 23.0 Å². The van der Waals surface area contributed by atoms with Crippen molar-refractivity contribution >= 4 is 31.6 Å². The van der Waals surface area contributed by atoms with Crippen LogP contribution in [0.2, 0.25) is 0 Å². The van der Waals surface area contributed by atoms with Crippen LogP contribution < -0.4 is 14.3 Å². The van der Waals surface area contributed by atoms with Crippen LogP contribution in [0.15, 0.2) is 82.5 Å². The number of rotatable bonds is 8. The molecule has 0 saturated carbocycles. The largest absolute Gasteiger partial charge is 0.497 e. The summed E-state index contributed by atoms with van der Waals surface area (Å²) < 4.78 is 35.6. The Labute approximate surface area is 184 Å². The number of aromatic nitrogens is 1. The van der Waals surface area contributed by atoms with Gasteiger partial charge in [-0.15, -0.1) is 0 Å². The lowest BCUT2D eigenvalue weighted by Gasteiger charge is -2.08. The molecule has 0 bridgehead atoms. The quantitative estimate of drug-likeness (QED) is 0.441. The van der Waals surface area contributed by atoms with Crippen molar-refractivity contribution in [2.45, 2.75) is 17.9 Å². The van der Waals surface area contributed by atoms with Gasteiger partial charge < -0.3 is 4.74 Å². The van der Waals surface area contributed by atoms with Crippen LogP contribution in [-0.4, -0.2) is 26.6 Å². The van der Waals surface area contributed by atoms with Crippen molar-refractivity contribution in [1.29, 1.82) is 0 Å². The van der Waals surface area contributed by atoms with Crippen LogP contribution in [0.5, 0.6) is 5.75 Å². The average Bonchev–Trinajstić information content (AvgIpc) is 3.09. The van der Waals surface area contributed by atoms with E-state index in [-0.39, 0.29) is 16.3 Å². The first-order chi connectivity index (χ1) is 15.0. The Morgan fingerprint density at radius 2 is 1.71 bits per heavy atom. The van der Waals surface area contributed by atoms with Gasteiger partial charge in [0.25, 0.3) is 0 Å². The lowest BCUT2D eigenvalue weighted by molar-refractivity contribution is 0.414. The molecule has 160 valence electrons. The lowest BCUT2D eigenvalue weighted by atomic mass is 10.1. The van der Waals surface area contributed by atoms with E-state index in [1.165, 1.54) is 0 Å². The molecule has 0 radical (unpaired) electrons. The smallest absolute Gasteiger partial charge is 0.308 e. The van der Waals surface area contributed by atoms with Crippen molar-refractivity contribution in [2.75, 3.05) is 13.7 Å². The molecule has 0 atom stereocenters. The molecular formula is C23H22N2O4S2. The number of hydrogen-bond donors (Lipinski definition) is 1. The van der Waals surface area contributed by atoms with E-state index in [1.807, 2.05) is 54.6 Å². The van der Waals surface area contributed by atoms with Gasteiger partial charge in [-0.1, -0.05) is 53.8 Å². The number of nitrogens with zero attached hydrogens (tertiary/aromatic N) is 1. The summed E-state index contributed by atoms with van der Waals surface area (Å²) >= 11 is 1.06. The molecule has 8 heteroatoms. The Hall–Kier alpha value is -2.94. The highest BCUT2D eigenvalue weighted by Gasteiger charge is 2.16. The minimum Gasteiger partial charge on any atom is -0.497 e. The molecule has 3 aromatic carbocycles. The fourth-order valence-corrected chi connectivity index (χ4v) is 5.40. The minimum absolute atomic E-state index is 0.110. The second-order valence-electron chi connectivity index (χ2n) is 7.07. The molecule has 0 aliphatic carbocycles. The summed E-state index contributed by atoms with van der Waals surface area (Å²) in [7, 11) is -2.07. The first-order valence-corrected chi connectivity index (χ1v) is 12.1. The second-order valence-corrected chi connectivity index (χ2v) is 9.83. The number of fused-ring (bicyclic) bond motifs is 1. The summed E-state index contributed by atoms with van der Waals surface area (Å²) in [6, 6.07) is 22.0. The van der Waals surface area contributed by atoms with Crippen molar-refractivity contribution in [3.05, 3.63) is 93.6 Å². The van der Waals surface area contributed by atoms with E-state index < -0.39 is 10.0 Å². The Balaban J connectivity index is 1.49. The molecule has 1 heterocycles. The van der Waals surface area contributed by atoms with E-state index in [1.54, 1.807) is 29.9 Å². The van der Waals surface area contributed by atoms with Gasteiger partial charge in [-0.05, 0) is 47.9 Å². The maximum Gasteiger partial charge on any atom is 0.308 e. The van der Waals surface area contributed by atoms with Crippen LogP contribution in [0, 0.1) is 0 Å². The number of thiazole rings is 1. The SMILES string of the molecule is COc1ccc(CCNS(=O)(=O)c2ccc3c(c2)sc(=O)n3Cc2ccccc2)cc1. The maximum absolute atomic E-state index is 12.7. The molecule has 4 aromatic rings. The van der Waals surface area contributed by atoms with Crippen molar-refractivity contribution < 1.29 is 13.2 Å². The molecular weight excluding hydrogens is 432 g/mol. The third-order valence-electron chi connectivity index (χ3n) is 5.00. The predicted molar refractivity (Wildman–Crippen MR) is 124 cm³/mol. The number of benzene rings is 3. The normalized spacial score (nSPS) is 11.6. The predicted octanol–water partition coefficient (Wildman–Crippen LogP) is 3.64. The van der Waals surface area contributed by atoms with E-state index in [4.69, 9.17) is 4.74 Å². The van der Waals surface area contributed by atoms with Gasteiger partial charge in [0.2, 0.25) is 10.0 Å². The fourth-order valence-electron chi connectivity index (χ4n) is 3.33. The summed E-state index contributed by atoms with van der Waals surface area (Å²) in [5, 5.41) is 0. The molecule has 1 aromatic heterocycles. The zero-order valence-electron chi connectivity index (χ0n) is 16.9. The van der Waals surface area contributed by atoms with Crippen LogP contribution in [0.1, 0.15) is 11.1 Å². The Morgan fingerprint density at radius 3 is 2.42 bits per heavy atom. The summed E-state index contributed by atoms with van der Waals surface area (Å²) in [6.45, 7) is 0.726. The summed E-state index contributed by atoms with van der Waals surface area (Å²) in [4.78, 5) is 12.5. The van der Waals surface area contributed by atoms with E-state index in [9.17, 15) is 13.2 Å². The van der Waals surface area contributed by atoms with E-state index in [0.29, 0.717) is 17.7 Å². The molecule has 0 aliphatic rings. The minimum atomic E-state index is -3.68. The third-order valence-corrected chi connectivity index (χ3v) is 7.40. The highest BCUT2D eigenvalue weighted by atomic mass is 32.2. The zero-order chi connectivity index (χ0) is 21.8. The van der Waals surface area contributed by atoms with Crippen molar-refractivity contribution in [3.63, 3.8) is 0 Å². The van der Waals surface area contributed by atoms with Gasteiger partial charge in [0.05, 0.1) is 28.8 Å². The van der Waals surface area contributed by atoms with E-state index in [2.05, 4.69) is 4.72 Å². The van der Waals surface area contributed by atoms with Gasteiger partial charge in [-0.3, -0.25) is 9.36 Å². The van der Waals surface area contributed by atoms with Crippen LogP contribution >= 0.6 is 11.3 Å². The highest BCUT2D eigenvalue weighted by molar-refractivity contribution is 7.89. The average molecular weight is 455 g/mol. The van der Waals surface area contributed by atoms with Gasteiger partial charge in [0.1, 0.15) is 5.75 Å². The first-order valence-electron chi connectivity index (χ1n) is 9.76. The number of methoxy groups -OCH3 is 1. The second kappa shape index (κ2) is 9.05. The van der Waals surface area contributed by atoms with E-state index >= 15 is 0 Å². The van der Waals surface area contributed by atoms with Crippen LogP contribution in [0.25, 0.3) is 10.2 Å². The van der Waals surface area contributed by atoms with Crippen molar-refractivity contribution in [3.8, 4) is 5.75 Å². The number of nitrogens with one attached hydrogen (secondary N) is 1. The van der Waals surface area contributed by atoms with Gasteiger partial charge >= 0.3 is 4.87 Å². The summed E-state index contributed by atoms with van der Waals surface area (Å²) in [6.07, 6.45) is 0.562. The van der Waals surface area contributed by atoms with Crippen molar-refractivity contribution in [2.24, 2.45) is 0 Å². The first kappa shape index (κ1) is 21.3. The zero-order valence-corrected chi connectivity index (χ0v) is 18.6. The molecule has 0 spiro atoms. The molecule has 4 rings (SSSR count). The molecule has 1 N–H and O–H groups in total. The summed E-state index contributed by atoms with van der Waals surface area (Å²) in [5.74, 6) is 0.760. The van der Waals surface area contributed by atoms with Crippen molar-refractivity contribution in [1.82, 2.24) is 9.29 Å². The third kappa shape index (κ3) is 4.87. The molecule has 0 unspecified atom stereocenters. The van der Waals surface area contributed by atoms with Gasteiger partial charge in [0, 0.05) is 6.54 Å². The van der Waals surface area contributed by atoms with E-state index in [0.717, 1.165) is 33.7 Å². The van der Waals surface area contributed by atoms with Gasteiger partial charge in [0.15, 0.2) is 0 Å². The standard InChI is InChI=1S/C23H22N2O4S2/c1-29-19-9-7-17(8-10-19)13-14-24-31(27,28)20-11-12-21-22(15-20)30-23(26)25(21)16-18-5-3-2-4-6-18/h2-12,15,24H,13-14,16H2,1H3. The molecule has 31 heavy (non-hydrogen) atoms. The maximum atomic E-state index is 12.7. The molecule has 0 amide bonds. The van der Waals surface area contributed by atoms with Gasteiger partial charge in [-0.2, -0.15) is 0 Å². The Kier molecular flexibility index (Phi) is 6.22. The Bertz CT molecular complexity index is 1340. The van der Waals surface area contributed by atoms with Crippen LogP contribution in [0.4, 0.5) is 0 Å². The number of ether oxygens (including phenoxy) is 1. The topological polar surface area (TPSA) is 77.4 Å². The molecule has 0 fully saturated rings. The number of sulfonamides is 1. The monoisotopic (exact) mass is 454 g/mol. The Morgan fingerprint density at radius 1 is 0.968 bits per heavy atom. The highest BCUT2D eigenvalue weighted by Crippen LogP contribution is 2.22. The number of hydrogen-bond acceptors (Lipinski definition) is 5. The molecule has 0 aliphatic heterocycles. The fraction of sp³-hybridized carbons (Fsp3) is 0.174. The van der Waals surface area contributed by atoms with Crippen LogP contribution in [0.3, 0.4) is 0 Å². The summed E-state index contributed by atoms with van der Waals surface area (Å²) in [5.41, 5.74) is 2.76. The lowest BCUT2D eigenvalue weighted by Crippen LogP contribution is -2.26.